The summed E-state index contributed by atoms with van der Waals surface area (Å²) in [7, 11) is -4.29. The highest BCUT2D eigenvalue weighted by Gasteiger charge is 2.33. The molecule has 4 nitrogen and oxygen atoms in total. The molecular formula is C17H12F4N2O2S. The lowest BCUT2D eigenvalue weighted by Crippen LogP contribution is -2.09. The molecule has 0 N–H and O–H groups in total. The van der Waals surface area contributed by atoms with E-state index in [1.54, 1.807) is 23.1 Å². The predicted octanol–water partition coefficient (Wildman–Crippen LogP) is 3.92. The molecule has 0 aliphatic rings. The molecule has 0 amide bonds. The summed E-state index contributed by atoms with van der Waals surface area (Å²) in [6.07, 6.45) is -1.52. The van der Waals surface area contributed by atoms with Gasteiger partial charge >= 0.3 is 6.18 Å². The van der Waals surface area contributed by atoms with Gasteiger partial charge in [-0.1, -0.05) is 12.1 Å². The van der Waals surface area contributed by atoms with Crippen LogP contribution in [0.4, 0.5) is 17.6 Å². The van der Waals surface area contributed by atoms with Gasteiger partial charge in [0, 0.05) is 12.4 Å². The van der Waals surface area contributed by atoms with E-state index in [1.165, 1.54) is 24.3 Å². The van der Waals surface area contributed by atoms with E-state index in [2.05, 4.69) is 5.10 Å². The molecule has 0 aliphatic heterocycles. The largest absolute Gasteiger partial charge is 0.416 e. The Labute approximate surface area is 146 Å². The Balaban J connectivity index is 1.94. The van der Waals surface area contributed by atoms with Gasteiger partial charge in [0.2, 0.25) is 9.84 Å². The van der Waals surface area contributed by atoms with Crippen molar-refractivity contribution in [3.05, 3.63) is 77.9 Å². The van der Waals surface area contributed by atoms with Crippen LogP contribution in [0, 0.1) is 5.82 Å². The van der Waals surface area contributed by atoms with Crippen molar-refractivity contribution in [2.24, 2.45) is 0 Å². The zero-order valence-electron chi connectivity index (χ0n) is 13.1. The smallest absolute Gasteiger partial charge is 0.268 e. The number of sulfone groups is 1. The lowest BCUT2D eigenvalue weighted by molar-refractivity contribution is -0.137. The molecule has 0 radical (unpaired) electrons. The summed E-state index contributed by atoms with van der Waals surface area (Å²) in [5.41, 5.74) is -0.603. The Kier molecular flexibility index (Phi) is 4.57. The molecule has 3 rings (SSSR count). The average molecular weight is 384 g/mol. The number of hydrogen-bond donors (Lipinski definition) is 0. The number of aromatic nitrogens is 2. The number of alkyl halides is 3. The molecule has 0 unspecified atom stereocenters. The van der Waals surface area contributed by atoms with Crippen LogP contribution in [-0.4, -0.2) is 18.2 Å². The predicted molar refractivity (Wildman–Crippen MR) is 84.6 cm³/mol. The van der Waals surface area contributed by atoms with E-state index in [0.29, 0.717) is 18.7 Å². The van der Waals surface area contributed by atoms with Crippen LogP contribution >= 0.6 is 0 Å². The quantitative estimate of drug-likeness (QED) is 0.641. The first-order chi connectivity index (χ1) is 12.2. The fourth-order valence-corrected chi connectivity index (χ4v) is 3.69. The molecule has 0 bridgehead atoms. The molecule has 0 saturated heterocycles. The summed E-state index contributed by atoms with van der Waals surface area (Å²) >= 11 is 0. The van der Waals surface area contributed by atoms with Gasteiger partial charge < -0.3 is 0 Å². The van der Waals surface area contributed by atoms with Crippen molar-refractivity contribution in [3.8, 4) is 0 Å². The van der Waals surface area contributed by atoms with Crippen molar-refractivity contribution in [1.29, 1.82) is 0 Å². The molecule has 0 spiro atoms. The minimum absolute atomic E-state index is 0.222. The van der Waals surface area contributed by atoms with E-state index in [1.807, 2.05) is 0 Å². The third kappa shape index (κ3) is 3.77. The third-order valence-electron chi connectivity index (χ3n) is 3.65. The van der Waals surface area contributed by atoms with Crippen LogP contribution in [0.2, 0.25) is 0 Å². The van der Waals surface area contributed by atoms with Crippen LogP contribution in [0.5, 0.6) is 0 Å². The van der Waals surface area contributed by atoms with Crippen molar-refractivity contribution >= 4 is 9.84 Å². The monoisotopic (exact) mass is 384 g/mol. The van der Waals surface area contributed by atoms with Crippen molar-refractivity contribution < 1.29 is 26.0 Å². The fraction of sp³-hybridized carbons (Fsp3) is 0.118. The summed E-state index contributed by atoms with van der Waals surface area (Å²) in [6.45, 7) is 0.408. The van der Waals surface area contributed by atoms with Gasteiger partial charge in [-0.05, 0) is 42.0 Å². The van der Waals surface area contributed by atoms with Crippen LogP contribution in [0.1, 0.15) is 11.1 Å². The molecule has 136 valence electrons. The van der Waals surface area contributed by atoms with Crippen LogP contribution in [0.3, 0.4) is 0 Å². The molecule has 9 heteroatoms. The Morgan fingerprint density at radius 3 is 2.27 bits per heavy atom. The van der Waals surface area contributed by atoms with E-state index in [9.17, 15) is 26.0 Å². The van der Waals surface area contributed by atoms with Crippen molar-refractivity contribution in [2.45, 2.75) is 22.5 Å². The lowest BCUT2D eigenvalue weighted by Gasteiger charge is -2.11. The van der Waals surface area contributed by atoms with Gasteiger partial charge in [-0.2, -0.15) is 18.3 Å². The van der Waals surface area contributed by atoms with Gasteiger partial charge in [0.15, 0.2) is 0 Å². The van der Waals surface area contributed by atoms with Crippen LogP contribution in [0.15, 0.2) is 70.7 Å². The maximum Gasteiger partial charge on any atom is 0.416 e. The molecule has 0 saturated carbocycles. The van der Waals surface area contributed by atoms with Crippen LogP contribution < -0.4 is 0 Å². The van der Waals surface area contributed by atoms with Crippen molar-refractivity contribution in [2.75, 3.05) is 0 Å². The van der Waals surface area contributed by atoms with E-state index in [0.717, 1.165) is 5.56 Å². The van der Waals surface area contributed by atoms with Crippen LogP contribution in [0.25, 0.3) is 0 Å². The maximum atomic E-state index is 13.5. The Morgan fingerprint density at radius 1 is 1.00 bits per heavy atom. The maximum absolute atomic E-state index is 13.5. The Morgan fingerprint density at radius 2 is 1.69 bits per heavy atom. The van der Waals surface area contributed by atoms with E-state index >= 15 is 0 Å². The number of halogens is 4. The van der Waals surface area contributed by atoms with E-state index in [-0.39, 0.29) is 11.0 Å². The zero-order valence-corrected chi connectivity index (χ0v) is 13.9. The summed E-state index contributed by atoms with van der Waals surface area (Å²) in [4.78, 5) is -0.968. The molecule has 1 aromatic heterocycles. The van der Waals surface area contributed by atoms with Gasteiger partial charge in [-0.3, -0.25) is 4.68 Å². The standard InChI is InChI=1S/C17H12F4N2O2S/c18-14-8-13(17(19,20)21)9-16(10-14)26(24,25)15-4-2-12(3-5-15)11-23-7-1-6-22-23/h1-10H,11H2. The number of nitrogens with zero attached hydrogens (tertiary/aromatic N) is 2. The first-order valence-corrected chi connectivity index (χ1v) is 8.84. The molecule has 0 atom stereocenters. The second-order valence-electron chi connectivity index (χ2n) is 5.52. The van der Waals surface area contributed by atoms with Gasteiger partial charge in [0.1, 0.15) is 5.82 Å². The molecule has 0 aliphatic carbocycles. The zero-order chi connectivity index (χ0) is 18.9. The minimum Gasteiger partial charge on any atom is -0.268 e. The molecule has 1 heterocycles. The van der Waals surface area contributed by atoms with E-state index < -0.39 is 32.3 Å². The highest BCUT2D eigenvalue weighted by Crippen LogP contribution is 2.33. The summed E-state index contributed by atoms with van der Waals surface area (Å²) in [6, 6.07) is 8.58. The van der Waals surface area contributed by atoms with Gasteiger partial charge in [0.25, 0.3) is 0 Å². The molecule has 3 aromatic rings. The second-order valence-corrected chi connectivity index (χ2v) is 7.47. The van der Waals surface area contributed by atoms with Gasteiger partial charge in [-0.15, -0.1) is 0 Å². The topological polar surface area (TPSA) is 52.0 Å². The van der Waals surface area contributed by atoms with Gasteiger partial charge in [0.05, 0.1) is 21.9 Å². The van der Waals surface area contributed by atoms with Crippen LogP contribution in [-0.2, 0) is 22.6 Å². The first-order valence-electron chi connectivity index (χ1n) is 7.35. The number of rotatable bonds is 4. The van der Waals surface area contributed by atoms with Crippen molar-refractivity contribution in [1.82, 2.24) is 9.78 Å². The SMILES string of the molecule is O=S(=O)(c1ccc(Cn2cccn2)cc1)c1cc(F)cc(C(F)(F)F)c1. The Hall–Kier alpha value is -2.68. The highest BCUT2D eigenvalue weighted by atomic mass is 32.2. The summed E-state index contributed by atoms with van der Waals surface area (Å²) in [5.74, 6) is -1.27. The molecular weight excluding hydrogens is 372 g/mol. The Bertz CT molecular complexity index is 1010. The van der Waals surface area contributed by atoms with Gasteiger partial charge in [-0.25, -0.2) is 12.8 Å². The molecule has 26 heavy (non-hydrogen) atoms. The molecule has 2 aromatic carbocycles. The third-order valence-corrected chi connectivity index (χ3v) is 5.40. The summed E-state index contributed by atoms with van der Waals surface area (Å²) < 4.78 is 78.6. The van der Waals surface area contributed by atoms with E-state index in [4.69, 9.17) is 0 Å². The summed E-state index contributed by atoms with van der Waals surface area (Å²) in [5, 5.41) is 4.02. The van der Waals surface area contributed by atoms with Crippen molar-refractivity contribution in [3.63, 3.8) is 0 Å². The number of hydrogen-bond acceptors (Lipinski definition) is 3. The second kappa shape index (κ2) is 6.56. The first kappa shape index (κ1) is 18.1. The number of benzene rings is 2. The lowest BCUT2D eigenvalue weighted by atomic mass is 10.2. The minimum atomic E-state index is -4.85. The highest BCUT2D eigenvalue weighted by molar-refractivity contribution is 7.91. The normalized spacial score (nSPS) is 12.3. The molecule has 0 fully saturated rings. The average Bonchev–Trinajstić information content (AvgIpc) is 3.07. The fourth-order valence-electron chi connectivity index (χ4n) is 2.37.